The molecule has 0 aliphatic carbocycles. The third kappa shape index (κ3) is 8.27. The predicted octanol–water partition coefficient (Wildman–Crippen LogP) is 3.27. The van der Waals surface area contributed by atoms with Gasteiger partial charge in [-0.1, -0.05) is 24.6 Å². The van der Waals surface area contributed by atoms with E-state index in [1.54, 1.807) is 7.11 Å². The van der Waals surface area contributed by atoms with Gasteiger partial charge in [0.15, 0.2) is 0 Å². The zero-order valence-corrected chi connectivity index (χ0v) is 13.7. The van der Waals surface area contributed by atoms with Gasteiger partial charge in [0.2, 0.25) is 0 Å². The van der Waals surface area contributed by atoms with Crippen molar-refractivity contribution in [1.29, 1.82) is 0 Å². The van der Waals surface area contributed by atoms with Crippen LogP contribution in [0.5, 0.6) is 5.75 Å². The Balaban J connectivity index is 2.22. The fourth-order valence-corrected chi connectivity index (χ4v) is 2.03. The van der Waals surface area contributed by atoms with Crippen molar-refractivity contribution in [2.24, 2.45) is 0 Å². The molecule has 0 radical (unpaired) electrons. The van der Waals surface area contributed by atoms with E-state index in [1.807, 2.05) is 18.2 Å². The molecule has 0 atom stereocenters. The zero-order valence-electron chi connectivity index (χ0n) is 13.0. The average molecular weight is 316 g/mol. The number of benzene rings is 1. The van der Waals surface area contributed by atoms with E-state index in [-0.39, 0.29) is 0 Å². The lowest BCUT2D eigenvalue weighted by Crippen LogP contribution is -2.13. The van der Waals surface area contributed by atoms with E-state index in [1.165, 1.54) is 5.56 Å². The van der Waals surface area contributed by atoms with Gasteiger partial charge in [-0.25, -0.2) is 0 Å². The lowest BCUT2D eigenvalue weighted by molar-refractivity contribution is 0.0644. The molecule has 120 valence electrons. The second kappa shape index (κ2) is 11.8. The molecule has 0 unspecified atom stereocenters. The third-order valence-corrected chi connectivity index (χ3v) is 3.17. The van der Waals surface area contributed by atoms with Gasteiger partial charge in [0.1, 0.15) is 5.75 Å². The van der Waals surface area contributed by atoms with Crippen LogP contribution < -0.4 is 10.1 Å². The normalized spacial score (nSPS) is 10.8. The highest BCUT2D eigenvalue weighted by molar-refractivity contribution is 6.32. The Kier molecular flexibility index (Phi) is 10.3. The lowest BCUT2D eigenvalue weighted by Gasteiger charge is -2.10. The topological polar surface area (TPSA) is 39.7 Å². The molecule has 0 fully saturated rings. The highest BCUT2D eigenvalue weighted by Crippen LogP contribution is 2.25. The number of nitrogens with one attached hydrogen (secondary N) is 1. The molecular formula is C16H26ClNO3. The molecule has 5 heteroatoms. The fourth-order valence-electron chi connectivity index (χ4n) is 1.77. The van der Waals surface area contributed by atoms with Gasteiger partial charge in [0.05, 0.1) is 24.8 Å². The molecule has 0 bridgehead atoms. The van der Waals surface area contributed by atoms with Crippen LogP contribution in [-0.4, -0.2) is 40.1 Å². The summed E-state index contributed by atoms with van der Waals surface area (Å²) in [6.45, 7) is 6.51. The summed E-state index contributed by atoms with van der Waals surface area (Å²) in [5.41, 5.74) is 1.17. The molecule has 0 aliphatic heterocycles. The van der Waals surface area contributed by atoms with E-state index in [2.05, 4.69) is 12.2 Å². The molecule has 1 aromatic carbocycles. The molecule has 0 heterocycles. The van der Waals surface area contributed by atoms with Gasteiger partial charge in [-0.2, -0.15) is 0 Å². The lowest BCUT2D eigenvalue weighted by atomic mass is 10.2. The first-order valence-electron chi connectivity index (χ1n) is 7.46. The van der Waals surface area contributed by atoms with Gasteiger partial charge in [0.25, 0.3) is 0 Å². The summed E-state index contributed by atoms with van der Waals surface area (Å²) in [5.74, 6) is 0.729. The number of rotatable bonds is 12. The maximum absolute atomic E-state index is 6.22. The zero-order chi connectivity index (χ0) is 15.3. The SMILES string of the molecule is CCCNCc1ccc(OCCCOCCOC)c(Cl)c1. The Labute approximate surface area is 132 Å². The van der Waals surface area contributed by atoms with Crippen LogP contribution in [0.25, 0.3) is 0 Å². The first-order chi connectivity index (χ1) is 10.3. The van der Waals surface area contributed by atoms with Crippen LogP contribution in [0.15, 0.2) is 18.2 Å². The summed E-state index contributed by atoms with van der Waals surface area (Å²) in [5, 5.41) is 4.01. The van der Waals surface area contributed by atoms with E-state index in [4.69, 9.17) is 25.8 Å². The van der Waals surface area contributed by atoms with Crippen LogP contribution in [0.2, 0.25) is 5.02 Å². The maximum atomic E-state index is 6.22. The summed E-state index contributed by atoms with van der Waals surface area (Å²) in [4.78, 5) is 0. The van der Waals surface area contributed by atoms with Gasteiger partial charge in [0, 0.05) is 26.7 Å². The monoisotopic (exact) mass is 315 g/mol. The van der Waals surface area contributed by atoms with Crippen LogP contribution in [0.1, 0.15) is 25.3 Å². The summed E-state index contributed by atoms with van der Waals surface area (Å²) in [6, 6.07) is 5.92. The molecule has 1 N–H and O–H groups in total. The number of hydrogen-bond acceptors (Lipinski definition) is 4. The molecule has 0 aromatic heterocycles. The second-order valence-electron chi connectivity index (χ2n) is 4.75. The Morgan fingerprint density at radius 3 is 2.71 bits per heavy atom. The molecule has 0 amide bonds. The van der Waals surface area contributed by atoms with E-state index < -0.39 is 0 Å². The number of ether oxygens (including phenoxy) is 3. The van der Waals surface area contributed by atoms with E-state index >= 15 is 0 Å². The largest absolute Gasteiger partial charge is 0.492 e. The number of halogens is 1. The third-order valence-electron chi connectivity index (χ3n) is 2.87. The quantitative estimate of drug-likeness (QED) is 0.601. The second-order valence-corrected chi connectivity index (χ2v) is 5.16. The molecule has 1 rings (SSSR count). The minimum atomic E-state index is 0.597. The van der Waals surface area contributed by atoms with Crippen molar-refractivity contribution in [2.45, 2.75) is 26.3 Å². The Morgan fingerprint density at radius 1 is 1.14 bits per heavy atom. The van der Waals surface area contributed by atoms with E-state index in [9.17, 15) is 0 Å². The van der Waals surface area contributed by atoms with Crippen molar-refractivity contribution >= 4 is 11.6 Å². The summed E-state index contributed by atoms with van der Waals surface area (Å²) in [7, 11) is 1.66. The molecule has 0 spiro atoms. The first-order valence-corrected chi connectivity index (χ1v) is 7.84. The van der Waals surface area contributed by atoms with Crippen molar-refractivity contribution in [1.82, 2.24) is 5.32 Å². The highest BCUT2D eigenvalue weighted by Gasteiger charge is 2.03. The molecule has 21 heavy (non-hydrogen) atoms. The van der Waals surface area contributed by atoms with Gasteiger partial charge >= 0.3 is 0 Å². The molecule has 1 aromatic rings. The van der Waals surface area contributed by atoms with Gasteiger partial charge in [-0.3, -0.25) is 0 Å². The molecule has 0 saturated heterocycles. The van der Waals surface area contributed by atoms with Gasteiger partial charge in [-0.05, 0) is 30.7 Å². The van der Waals surface area contributed by atoms with E-state index in [0.29, 0.717) is 31.5 Å². The van der Waals surface area contributed by atoms with Gasteiger partial charge in [-0.15, -0.1) is 0 Å². The Bertz CT molecular complexity index is 388. The van der Waals surface area contributed by atoms with Crippen LogP contribution in [-0.2, 0) is 16.0 Å². The van der Waals surface area contributed by atoms with Crippen molar-refractivity contribution in [3.63, 3.8) is 0 Å². The highest BCUT2D eigenvalue weighted by atomic mass is 35.5. The van der Waals surface area contributed by atoms with Crippen LogP contribution in [0, 0.1) is 0 Å². The van der Waals surface area contributed by atoms with Crippen LogP contribution in [0.4, 0.5) is 0 Å². The maximum Gasteiger partial charge on any atom is 0.137 e. The first kappa shape index (κ1) is 18.2. The number of hydrogen-bond donors (Lipinski definition) is 1. The standard InChI is InChI=1S/C16H26ClNO3/c1-3-7-18-13-14-5-6-16(15(17)12-14)21-9-4-8-20-11-10-19-2/h5-6,12,18H,3-4,7-11,13H2,1-2H3. The molecular weight excluding hydrogens is 290 g/mol. The minimum Gasteiger partial charge on any atom is -0.492 e. The Morgan fingerprint density at radius 2 is 2.00 bits per heavy atom. The average Bonchev–Trinajstić information content (AvgIpc) is 2.48. The van der Waals surface area contributed by atoms with Crippen molar-refractivity contribution in [3.8, 4) is 5.75 Å². The summed E-state index contributed by atoms with van der Waals surface area (Å²) >= 11 is 6.22. The van der Waals surface area contributed by atoms with Crippen LogP contribution in [0.3, 0.4) is 0 Å². The molecule has 4 nitrogen and oxygen atoms in total. The Hall–Kier alpha value is -0.810. The molecule has 0 aliphatic rings. The summed E-state index contributed by atoms with van der Waals surface area (Å²) in [6.07, 6.45) is 1.96. The molecule has 0 saturated carbocycles. The fraction of sp³-hybridized carbons (Fsp3) is 0.625. The van der Waals surface area contributed by atoms with Crippen LogP contribution >= 0.6 is 11.6 Å². The van der Waals surface area contributed by atoms with Crippen molar-refractivity contribution < 1.29 is 14.2 Å². The smallest absolute Gasteiger partial charge is 0.137 e. The van der Waals surface area contributed by atoms with Gasteiger partial charge < -0.3 is 19.5 Å². The van der Waals surface area contributed by atoms with Crippen molar-refractivity contribution in [3.05, 3.63) is 28.8 Å². The predicted molar refractivity (Wildman–Crippen MR) is 86.3 cm³/mol. The van der Waals surface area contributed by atoms with Crippen molar-refractivity contribution in [2.75, 3.05) is 40.1 Å². The minimum absolute atomic E-state index is 0.597. The summed E-state index contributed by atoms with van der Waals surface area (Å²) < 4.78 is 15.9. The number of methoxy groups -OCH3 is 1. The van der Waals surface area contributed by atoms with E-state index in [0.717, 1.165) is 31.7 Å².